The van der Waals surface area contributed by atoms with E-state index in [0.717, 1.165) is 11.1 Å². The van der Waals surface area contributed by atoms with Gasteiger partial charge in [-0.05, 0) is 31.0 Å². The van der Waals surface area contributed by atoms with Crippen LogP contribution in [-0.2, 0) is 14.4 Å². The number of anilines is 1. The van der Waals surface area contributed by atoms with Crippen LogP contribution < -0.4 is 4.90 Å². The Morgan fingerprint density at radius 3 is 2.36 bits per heavy atom. The zero-order valence-corrected chi connectivity index (χ0v) is 14.4. The third-order valence-electron chi connectivity index (χ3n) is 4.63. The van der Waals surface area contributed by atoms with Crippen molar-refractivity contribution in [3.8, 4) is 0 Å². The Labute approximate surface area is 149 Å². The first kappa shape index (κ1) is 15.8. The summed E-state index contributed by atoms with van der Waals surface area (Å²) in [5.41, 5.74) is 3.36. The summed E-state index contributed by atoms with van der Waals surface area (Å²) in [5.74, 6) is -1.49. The highest BCUT2D eigenvalue weighted by molar-refractivity contribution is 6.38. The Kier molecular flexibility index (Phi) is 3.62. The lowest BCUT2D eigenvalue weighted by Gasteiger charge is -2.20. The molecule has 126 valence electrons. The van der Waals surface area contributed by atoms with Gasteiger partial charge in [-0.25, -0.2) is 4.90 Å². The van der Waals surface area contributed by atoms with Gasteiger partial charge < -0.3 is 4.84 Å². The number of oxime groups is 1. The molecular weight excluding hydrogens is 340 g/mol. The lowest BCUT2D eigenvalue weighted by atomic mass is 9.94. The fourth-order valence-corrected chi connectivity index (χ4v) is 3.68. The van der Waals surface area contributed by atoms with Gasteiger partial charge in [0.1, 0.15) is 11.6 Å². The number of rotatable bonds is 2. The molecule has 2 atom stereocenters. The van der Waals surface area contributed by atoms with Crippen LogP contribution >= 0.6 is 11.6 Å². The number of para-hydroxylation sites is 1. The van der Waals surface area contributed by atoms with Crippen LogP contribution in [0.25, 0.3) is 0 Å². The van der Waals surface area contributed by atoms with Crippen molar-refractivity contribution in [2.45, 2.75) is 20.0 Å². The van der Waals surface area contributed by atoms with E-state index in [1.54, 1.807) is 18.2 Å². The minimum absolute atomic E-state index is 0.330. The second kappa shape index (κ2) is 5.70. The number of fused-ring (bicyclic) bond motifs is 1. The van der Waals surface area contributed by atoms with Gasteiger partial charge in [0.2, 0.25) is 12.0 Å². The second-order valence-electron chi connectivity index (χ2n) is 6.21. The SMILES string of the molecule is Cc1cccc(C)c1N1C(=O)[C@@H]2C(c3ccccc3Cl)=NO[C@H]2C1=O. The van der Waals surface area contributed by atoms with Gasteiger partial charge in [0.15, 0.2) is 0 Å². The molecule has 2 aromatic rings. The topological polar surface area (TPSA) is 59.0 Å². The third-order valence-corrected chi connectivity index (χ3v) is 4.95. The summed E-state index contributed by atoms with van der Waals surface area (Å²) in [7, 11) is 0. The van der Waals surface area contributed by atoms with Gasteiger partial charge in [0, 0.05) is 10.6 Å². The molecule has 5 nitrogen and oxygen atoms in total. The van der Waals surface area contributed by atoms with Crippen LogP contribution in [0.2, 0.25) is 5.02 Å². The van der Waals surface area contributed by atoms with Crippen molar-refractivity contribution in [2.24, 2.45) is 11.1 Å². The maximum absolute atomic E-state index is 13.1. The lowest BCUT2D eigenvalue weighted by Crippen LogP contribution is -2.34. The van der Waals surface area contributed by atoms with Crippen molar-refractivity contribution in [1.29, 1.82) is 0 Å². The second-order valence-corrected chi connectivity index (χ2v) is 6.62. The Balaban J connectivity index is 1.78. The quantitative estimate of drug-likeness (QED) is 0.778. The molecule has 0 unspecified atom stereocenters. The molecule has 2 heterocycles. The Hall–Kier alpha value is -2.66. The van der Waals surface area contributed by atoms with E-state index in [4.69, 9.17) is 16.4 Å². The first-order valence-corrected chi connectivity index (χ1v) is 8.31. The summed E-state index contributed by atoms with van der Waals surface area (Å²) in [6.45, 7) is 3.75. The van der Waals surface area contributed by atoms with Crippen molar-refractivity contribution in [3.05, 3.63) is 64.2 Å². The molecule has 0 aromatic heterocycles. The van der Waals surface area contributed by atoms with Gasteiger partial charge in [-0.15, -0.1) is 0 Å². The molecule has 2 amide bonds. The molecular formula is C19H15ClN2O3. The molecule has 1 fully saturated rings. The van der Waals surface area contributed by atoms with E-state index in [0.29, 0.717) is 22.0 Å². The highest BCUT2D eigenvalue weighted by Crippen LogP contribution is 2.38. The fraction of sp³-hybridized carbons (Fsp3) is 0.211. The number of aryl methyl sites for hydroxylation is 2. The van der Waals surface area contributed by atoms with Gasteiger partial charge in [-0.2, -0.15) is 0 Å². The molecule has 0 bridgehead atoms. The van der Waals surface area contributed by atoms with E-state index in [1.165, 1.54) is 4.90 Å². The largest absolute Gasteiger partial charge is 0.381 e. The van der Waals surface area contributed by atoms with E-state index in [2.05, 4.69) is 5.16 Å². The van der Waals surface area contributed by atoms with Crippen LogP contribution in [0.1, 0.15) is 16.7 Å². The molecule has 0 aliphatic carbocycles. The first-order chi connectivity index (χ1) is 12.0. The minimum atomic E-state index is -0.933. The zero-order valence-electron chi connectivity index (χ0n) is 13.7. The predicted molar refractivity (Wildman–Crippen MR) is 94.8 cm³/mol. The summed E-state index contributed by atoms with van der Waals surface area (Å²) in [5, 5.41) is 4.46. The molecule has 0 radical (unpaired) electrons. The highest BCUT2D eigenvalue weighted by Gasteiger charge is 2.56. The molecule has 4 rings (SSSR count). The molecule has 0 saturated carbocycles. The van der Waals surface area contributed by atoms with Crippen LogP contribution in [0.15, 0.2) is 47.6 Å². The highest BCUT2D eigenvalue weighted by atomic mass is 35.5. The van der Waals surface area contributed by atoms with Gasteiger partial charge in [-0.1, -0.05) is 53.2 Å². The van der Waals surface area contributed by atoms with E-state index in [9.17, 15) is 9.59 Å². The number of benzene rings is 2. The van der Waals surface area contributed by atoms with Crippen molar-refractivity contribution >= 4 is 34.8 Å². The van der Waals surface area contributed by atoms with Crippen molar-refractivity contribution < 1.29 is 14.4 Å². The summed E-state index contributed by atoms with van der Waals surface area (Å²) < 4.78 is 0. The number of imide groups is 1. The Bertz CT molecular complexity index is 918. The van der Waals surface area contributed by atoms with E-state index >= 15 is 0 Å². The maximum Gasteiger partial charge on any atom is 0.278 e. The number of carbonyl (C=O) groups excluding carboxylic acids is 2. The molecule has 0 N–H and O–H groups in total. The summed E-state index contributed by atoms with van der Waals surface area (Å²) >= 11 is 6.24. The van der Waals surface area contributed by atoms with Gasteiger partial charge in [0.05, 0.1) is 5.69 Å². The molecule has 25 heavy (non-hydrogen) atoms. The van der Waals surface area contributed by atoms with Gasteiger partial charge in [0.25, 0.3) is 5.91 Å². The van der Waals surface area contributed by atoms with Crippen LogP contribution in [0, 0.1) is 19.8 Å². The molecule has 2 aromatic carbocycles. The minimum Gasteiger partial charge on any atom is -0.381 e. The van der Waals surface area contributed by atoms with Crippen LogP contribution in [-0.4, -0.2) is 23.6 Å². The van der Waals surface area contributed by atoms with Gasteiger partial charge in [-0.3, -0.25) is 9.59 Å². The van der Waals surface area contributed by atoms with E-state index in [1.807, 2.05) is 38.1 Å². The van der Waals surface area contributed by atoms with Crippen LogP contribution in [0.5, 0.6) is 0 Å². The van der Waals surface area contributed by atoms with E-state index in [-0.39, 0.29) is 5.91 Å². The summed E-state index contributed by atoms with van der Waals surface area (Å²) in [6, 6.07) is 12.7. The smallest absolute Gasteiger partial charge is 0.278 e. The van der Waals surface area contributed by atoms with Crippen molar-refractivity contribution in [2.75, 3.05) is 4.90 Å². The number of nitrogens with zero attached hydrogens (tertiary/aromatic N) is 2. The predicted octanol–water partition coefficient (Wildman–Crippen LogP) is 3.25. The van der Waals surface area contributed by atoms with Crippen molar-refractivity contribution in [3.63, 3.8) is 0 Å². The molecule has 2 aliphatic heterocycles. The summed E-state index contributed by atoms with van der Waals surface area (Å²) in [4.78, 5) is 32.5. The number of halogens is 1. The van der Waals surface area contributed by atoms with Crippen molar-refractivity contribution in [1.82, 2.24) is 0 Å². The number of hydrogen-bond acceptors (Lipinski definition) is 4. The van der Waals surface area contributed by atoms with Crippen LogP contribution in [0.4, 0.5) is 5.69 Å². The van der Waals surface area contributed by atoms with E-state index < -0.39 is 17.9 Å². The zero-order chi connectivity index (χ0) is 17.7. The lowest BCUT2D eigenvalue weighted by molar-refractivity contribution is -0.126. The molecule has 0 spiro atoms. The Morgan fingerprint density at radius 1 is 1.00 bits per heavy atom. The number of carbonyl (C=O) groups is 2. The molecule has 1 saturated heterocycles. The number of amides is 2. The van der Waals surface area contributed by atoms with Crippen LogP contribution in [0.3, 0.4) is 0 Å². The average molecular weight is 355 g/mol. The fourth-order valence-electron chi connectivity index (χ4n) is 3.45. The average Bonchev–Trinajstić information content (AvgIpc) is 3.11. The van der Waals surface area contributed by atoms with Gasteiger partial charge >= 0.3 is 0 Å². The molecule has 2 aliphatic rings. The summed E-state index contributed by atoms with van der Waals surface area (Å²) in [6.07, 6.45) is -0.933. The number of hydrogen-bond donors (Lipinski definition) is 0. The Morgan fingerprint density at radius 2 is 1.68 bits per heavy atom. The monoisotopic (exact) mass is 354 g/mol. The normalized spacial score (nSPS) is 22.0. The standard InChI is InChI=1S/C19H15ClN2O3/c1-10-6-5-7-11(2)16(10)22-18(23)14-15(21-25-17(14)19(22)24)12-8-3-4-9-13(12)20/h3-9,14,17H,1-2H3/t14-,17-/m1/s1. The first-order valence-electron chi connectivity index (χ1n) is 7.93. The maximum atomic E-state index is 13.1. The third kappa shape index (κ3) is 2.27. The molecule has 6 heteroatoms.